The van der Waals surface area contributed by atoms with E-state index in [2.05, 4.69) is 17.2 Å². The Morgan fingerprint density at radius 2 is 1.88 bits per heavy atom. The Morgan fingerprint density at radius 3 is 2.46 bits per heavy atom. The number of H-pyrrole nitrogens is 1. The van der Waals surface area contributed by atoms with Crippen molar-refractivity contribution >= 4 is 17.7 Å². The molecule has 1 saturated carbocycles. The number of hydrogen-bond donors (Lipinski definition) is 2. The zero-order chi connectivity index (χ0) is 17.9. The van der Waals surface area contributed by atoms with Crippen molar-refractivity contribution in [3.05, 3.63) is 22.5 Å². The van der Waals surface area contributed by atoms with Crippen molar-refractivity contribution in [1.29, 1.82) is 0 Å². The van der Waals surface area contributed by atoms with E-state index >= 15 is 0 Å². The van der Waals surface area contributed by atoms with Crippen molar-refractivity contribution in [2.75, 3.05) is 6.61 Å². The topological polar surface area (TPSA) is 88.3 Å². The van der Waals surface area contributed by atoms with Gasteiger partial charge in [-0.25, -0.2) is 4.79 Å². The molecule has 0 aliphatic heterocycles. The molecule has 1 amide bonds. The molecule has 2 rings (SSSR count). The number of carbonyl (C=O) groups excluding carboxylic acids is 3. The first-order valence-electron chi connectivity index (χ1n) is 8.47. The van der Waals surface area contributed by atoms with E-state index in [1.807, 2.05) is 0 Å². The van der Waals surface area contributed by atoms with Crippen LogP contribution in [0.2, 0.25) is 0 Å². The fourth-order valence-electron chi connectivity index (χ4n) is 3.46. The van der Waals surface area contributed by atoms with Gasteiger partial charge in [0.2, 0.25) is 0 Å². The summed E-state index contributed by atoms with van der Waals surface area (Å²) in [6, 6.07) is 0.156. The number of Topliss-reactive ketones (excluding diaryl/α,β-unsaturated/α-hetero) is 1. The lowest BCUT2D eigenvalue weighted by molar-refractivity contribution is -0.125. The van der Waals surface area contributed by atoms with E-state index < -0.39 is 5.97 Å². The smallest absolute Gasteiger partial charge is 0.355 e. The van der Waals surface area contributed by atoms with Crippen molar-refractivity contribution in [3.63, 3.8) is 0 Å². The van der Waals surface area contributed by atoms with Gasteiger partial charge in [0.25, 0.3) is 5.91 Å². The Kier molecular flexibility index (Phi) is 5.80. The summed E-state index contributed by atoms with van der Waals surface area (Å²) in [6.07, 6.45) is 4.40. The summed E-state index contributed by atoms with van der Waals surface area (Å²) in [5.74, 6) is -0.557. The highest BCUT2D eigenvalue weighted by atomic mass is 16.5. The van der Waals surface area contributed by atoms with E-state index in [0.717, 1.165) is 19.3 Å². The first-order valence-corrected chi connectivity index (χ1v) is 8.47. The van der Waals surface area contributed by atoms with Crippen LogP contribution >= 0.6 is 0 Å². The van der Waals surface area contributed by atoms with Crippen LogP contribution in [0.25, 0.3) is 0 Å². The lowest BCUT2D eigenvalue weighted by Gasteiger charge is -2.29. The van der Waals surface area contributed by atoms with Gasteiger partial charge in [0, 0.05) is 17.3 Å². The molecule has 0 radical (unpaired) electrons. The quantitative estimate of drug-likeness (QED) is 0.640. The van der Waals surface area contributed by atoms with Gasteiger partial charge >= 0.3 is 5.97 Å². The molecule has 6 heteroatoms. The van der Waals surface area contributed by atoms with E-state index in [1.165, 1.54) is 13.3 Å². The molecule has 1 aromatic heterocycles. The Hall–Kier alpha value is -2.11. The second-order valence-corrected chi connectivity index (χ2v) is 6.69. The van der Waals surface area contributed by atoms with Gasteiger partial charge in [-0.05, 0) is 45.1 Å². The van der Waals surface area contributed by atoms with E-state index in [9.17, 15) is 14.4 Å². The van der Waals surface area contributed by atoms with Crippen molar-refractivity contribution in [2.24, 2.45) is 5.92 Å². The number of esters is 1. The second kappa shape index (κ2) is 7.64. The highest BCUT2D eigenvalue weighted by Crippen LogP contribution is 2.23. The molecule has 2 N–H and O–H groups in total. The van der Waals surface area contributed by atoms with Crippen molar-refractivity contribution in [2.45, 2.75) is 59.4 Å². The number of hydrogen-bond acceptors (Lipinski definition) is 4. The van der Waals surface area contributed by atoms with Gasteiger partial charge < -0.3 is 15.0 Å². The molecule has 1 aromatic rings. The first kappa shape index (κ1) is 18.2. The van der Waals surface area contributed by atoms with E-state index in [0.29, 0.717) is 22.7 Å². The fourth-order valence-corrected chi connectivity index (χ4v) is 3.46. The summed E-state index contributed by atoms with van der Waals surface area (Å²) in [4.78, 5) is 38.7. The number of rotatable bonds is 5. The van der Waals surface area contributed by atoms with Gasteiger partial charge in [-0.1, -0.05) is 19.8 Å². The zero-order valence-electron chi connectivity index (χ0n) is 14.8. The summed E-state index contributed by atoms with van der Waals surface area (Å²) in [5.41, 5.74) is 1.93. The van der Waals surface area contributed by atoms with Crippen LogP contribution in [-0.4, -0.2) is 35.3 Å². The first-order chi connectivity index (χ1) is 11.3. The minimum atomic E-state index is -0.616. The predicted octanol–water partition coefficient (Wildman–Crippen LogP) is 2.69. The number of aromatic nitrogens is 1. The van der Waals surface area contributed by atoms with Gasteiger partial charge in [0.1, 0.15) is 5.69 Å². The molecular weight excluding hydrogens is 308 g/mol. The summed E-state index contributed by atoms with van der Waals surface area (Å²) in [7, 11) is 0. The minimum absolute atomic E-state index is 0.107. The molecule has 2 atom stereocenters. The Morgan fingerprint density at radius 1 is 1.21 bits per heavy atom. The van der Waals surface area contributed by atoms with Gasteiger partial charge in [-0.3, -0.25) is 9.59 Å². The summed E-state index contributed by atoms with van der Waals surface area (Å²) in [6.45, 7) is 6.70. The second-order valence-electron chi connectivity index (χ2n) is 6.69. The van der Waals surface area contributed by atoms with Gasteiger partial charge in [-0.15, -0.1) is 0 Å². The average Bonchev–Trinajstić information content (AvgIpc) is 2.82. The van der Waals surface area contributed by atoms with E-state index in [-0.39, 0.29) is 30.0 Å². The van der Waals surface area contributed by atoms with Crippen LogP contribution in [0.15, 0.2) is 0 Å². The van der Waals surface area contributed by atoms with E-state index in [4.69, 9.17) is 4.74 Å². The van der Waals surface area contributed by atoms with E-state index in [1.54, 1.807) is 13.8 Å². The SMILES string of the molecule is CC(=O)c1c(C)[nH]c(C(=O)OCC(=O)NC2CCCCC2C)c1C. The number of nitrogens with one attached hydrogen (secondary N) is 2. The molecule has 6 nitrogen and oxygen atoms in total. The summed E-state index contributed by atoms with van der Waals surface area (Å²) >= 11 is 0. The number of aromatic amines is 1. The fraction of sp³-hybridized carbons (Fsp3) is 0.611. The van der Waals surface area contributed by atoms with Crippen molar-refractivity contribution < 1.29 is 19.1 Å². The van der Waals surface area contributed by atoms with Crippen LogP contribution in [0.4, 0.5) is 0 Å². The van der Waals surface area contributed by atoms with Crippen LogP contribution in [0, 0.1) is 19.8 Å². The molecule has 0 bridgehead atoms. The Bertz CT molecular complexity index is 648. The predicted molar refractivity (Wildman–Crippen MR) is 90.1 cm³/mol. The lowest BCUT2D eigenvalue weighted by atomic mass is 9.86. The van der Waals surface area contributed by atoms with Gasteiger partial charge in [0.05, 0.1) is 0 Å². The highest BCUT2D eigenvalue weighted by molar-refractivity contribution is 6.01. The van der Waals surface area contributed by atoms with Crippen molar-refractivity contribution in [3.8, 4) is 0 Å². The minimum Gasteiger partial charge on any atom is -0.451 e. The zero-order valence-corrected chi connectivity index (χ0v) is 14.8. The van der Waals surface area contributed by atoms with Crippen LogP contribution in [0.3, 0.4) is 0 Å². The number of amides is 1. The summed E-state index contributed by atoms with van der Waals surface area (Å²) < 4.78 is 5.10. The molecule has 132 valence electrons. The Balaban J connectivity index is 1.92. The van der Waals surface area contributed by atoms with Crippen molar-refractivity contribution in [1.82, 2.24) is 10.3 Å². The van der Waals surface area contributed by atoms with Crippen LogP contribution < -0.4 is 5.32 Å². The van der Waals surface area contributed by atoms with Gasteiger partial charge in [-0.2, -0.15) is 0 Å². The molecule has 2 unspecified atom stereocenters. The molecule has 1 aliphatic rings. The lowest BCUT2D eigenvalue weighted by Crippen LogP contribution is -2.42. The van der Waals surface area contributed by atoms with Gasteiger partial charge in [0.15, 0.2) is 12.4 Å². The maximum Gasteiger partial charge on any atom is 0.355 e. The molecule has 0 spiro atoms. The molecule has 1 fully saturated rings. The van der Waals surface area contributed by atoms with Crippen LogP contribution in [-0.2, 0) is 9.53 Å². The number of carbonyl (C=O) groups is 3. The average molecular weight is 334 g/mol. The largest absolute Gasteiger partial charge is 0.451 e. The number of aryl methyl sites for hydroxylation is 1. The molecule has 1 heterocycles. The third-order valence-electron chi connectivity index (χ3n) is 4.79. The molecule has 1 aliphatic carbocycles. The third-order valence-corrected chi connectivity index (χ3v) is 4.79. The monoisotopic (exact) mass is 334 g/mol. The number of ether oxygens (including phenoxy) is 1. The molecule has 24 heavy (non-hydrogen) atoms. The van der Waals surface area contributed by atoms with Crippen LogP contribution in [0.5, 0.6) is 0 Å². The molecule has 0 saturated heterocycles. The number of ketones is 1. The standard InChI is InChI=1S/C18H26N2O4/c1-10-7-5-6-8-14(10)20-15(22)9-24-18(23)17-11(2)16(13(4)21)12(3)19-17/h10,14,19H,5-9H2,1-4H3,(H,20,22). The summed E-state index contributed by atoms with van der Waals surface area (Å²) in [5, 5.41) is 2.94. The highest BCUT2D eigenvalue weighted by Gasteiger charge is 2.24. The maximum atomic E-state index is 12.2. The van der Waals surface area contributed by atoms with Crippen LogP contribution in [0.1, 0.15) is 71.6 Å². The third kappa shape index (κ3) is 4.04. The maximum absolute atomic E-state index is 12.2. The normalized spacial score (nSPS) is 20.5. The molecule has 0 aromatic carbocycles. The Labute approximate surface area is 142 Å². The molecular formula is C18H26N2O4.